The van der Waals surface area contributed by atoms with Gasteiger partial charge < -0.3 is 0 Å². The van der Waals surface area contributed by atoms with Gasteiger partial charge in [-0.3, -0.25) is 0 Å². The minimum atomic E-state index is -1.88. The van der Waals surface area contributed by atoms with E-state index in [0.717, 1.165) is 0 Å². The summed E-state index contributed by atoms with van der Waals surface area (Å²) in [5, 5.41) is 4.18. The van der Waals surface area contributed by atoms with Crippen LogP contribution in [-0.4, -0.2) is 8.07 Å². The third-order valence-corrected chi connectivity index (χ3v) is 18.4. The first-order valence-electron chi connectivity index (χ1n) is 12.1. The van der Waals surface area contributed by atoms with Crippen molar-refractivity contribution in [2.75, 3.05) is 0 Å². The Morgan fingerprint density at radius 3 is 1.81 bits per heavy atom. The van der Waals surface area contributed by atoms with Gasteiger partial charge in [0, 0.05) is 15.7 Å². The molecule has 0 radical (unpaired) electrons. The molecule has 3 aliphatic carbocycles. The van der Waals surface area contributed by atoms with Gasteiger partial charge in [-0.1, -0.05) is 95.3 Å². The van der Waals surface area contributed by atoms with E-state index in [4.69, 9.17) is 0 Å². The Kier molecular flexibility index (Phi) is 4.58. The van der Waals surface area contributed by atoms with Crippen molar-refractivity contribution in [3.63, 3.8) is 0 Å². The highest BCUT2D eigenvalue weighted by Crippen LogP contribution is 2.74. The molecule has 3 heteroatoms. The van der Waals surface area contributed by atoms with Gasteiger partial charge in [-0.2, -0.15) is 0 Å². The molecule has 1 aliphatic heterocycles. The largest absolute Gasteiger partial charge is 0.143 e. The van der Waals surface area contributed by atoms with E-state index >= 15 is 0 Å². The second-order valence-corrected chi connectivity index (χ2v) is 18.7. The molecule has 1 spiro atoms. The van der Waals surface area contributed by atoms with Crippen LogP contribution in [0.15, 0.2) is 70.1 Å². The molecule has 0 N–H and O–H groups in total. The summed E-state index contributed by atoms with van der Waals surface area (Å²) in [7, 11) is -1.88. The molecule has 4 aliphatic rings. The van der Waals surface area contributed by atoms with Gasteiger partial charge in [-0.15, -0.1) is 23.1 Å². The fourth-order valence-electron chi connectivity index (χ4n) is 7.93. The highest BCUT2D eigenvalue weighted by molar-refractivity contribution is 8.01. The maximum absolute atomic E-state index is 2.53. The zero-order valence-electron chi connectivity index (χ0n) is 19.9. The predicted molar refractivity (Wildman–Crippen MR) is 144 cm³/mol. The fraction of sp³-hybridized carbons (Fsp3) is 0.379. The Balaban J connectivity index is 1.84. The lowest BCUT2D eigenvalue weighted by atomic mass is 9.63. The summed E-state index contributed by atoms with van der Waals surface area (Å²) in [6.07, 6.45) is 0. The van der Waals surface area contributed by atoms with Crippen LogP contribution in [0.4, 0.5) is 0 Å². The monoisotopic (exact) mass is 472 g/mol. The van der Waals surface area contributed by atoms with E-state index in [1.54, 1.807) is 32.7 Å². The van der Waals surface area contributed by atoms with Crippen LogP contribution < -0.4 is 0 Å². The lowest BCUT2D eigenvalue weighted by Gasteiger charge is -2.56. The average molecular weight is 473 g/mol. The smallest absolute Gasteiger partial charge is 0.0970 e. The van der Waals surface area contributed by atoms with Gasteiger partial charge in [0.05, 0.1) is 12.8 Å². The maximum Gasteiger partial charge on any atom is 0.0970 e. The van der Waals surface area contributed by atoms with Crippen molar-refractivity contribution >= 4 is 36.7 Å². The van der Waals surface area contributed by atoms with Gasteiger partial charge in [-0.05, 0) is 55.9 Å². The second kappa shape index (κ2) is 6.98. The number of benzene rings is 2. The van der Waals surface area contributed by atoms with Crippen LogP contribution >= 0.6 is 23.1 Å². The van der Waals surface area contributed by atoms with E-state index in [1.165, 1.54) is 4.90 Å². The SMILES string of the molecule is CC(C)[Si](C1=C2c3sccc3SC23c2ccccc2C1c1ccccc13)(C(C)C)C(C)C. The van der Waals surface area contributed by atoms with Crippen LogP contribution in [0.25, 0.3) is 5.57 Å². The average Bonchev–Trinajstić information content (AvgIpc) is 3.33. The molecule has 0 saturated carbocycles. The molecule has 164 valence electrons. The molecular weight excluding hydrogens is 441 g/mol. The van der Waals surface area contributed by atoms with Crippen molar-refractivity contribution < 1.29 is 0 Å². The van der Waals surface area contributed by atoms with E-state index in [1.807, 2.05) is 16.5 Å². The molecule has 7 rings (SSSR count). The lowest BCUT2D eigenvalue weighted by Crippen LogP contribution is -2.53. The summed E-state index contributed by atoms with van der Waals surface area (Å²) in [5.41, 5.74) is 10.1. The molecule has 0 unspecified atom stereocenters. The van der Waals surface area contributed by atoms with Crippen molar-refractivity contribution in [3.05, 3.63) is 92.3 Å². The first-order chi connectivity index (χ1) is 15.4. The molecule has 2 bridgehead atoms. The number of thioether (sulfide) groups is 1. The van der Waals surface area contributed by atoms with Gasteiger partial charge in [0.25, 0.3) is 0 Å². The van der Waals surface area contributed by atoms with Gasteiger partial charge in [-0.25, -0.2) is 0 Å². The number of thiophene rings is 1. The Labute approximate surface area is 202 Å². The first kappa shape index (κ1) is 21.0. The highest BCUT2D eigenvalue weighted by atomic mass is 32.2. The van der Waals surface area contributed by atoms with Crippen molar-refractivity contribution in [3.8, 4) is 0 Å². The number of fused-ring (bicyclic) bond motifs is 1. The predicted octanol–water partition coefficient (Wildman–Crippen LogP) is 9.23. The van der Waals surface area contributed by atoms with Gasteiger partial charge >= 0.3 is 0 Å². The number of rotatable bonds is 4. The molecule has 0 nitrogen and oxygen atoms in total. The Morgan fingerprint density at radius 2 is 1.28 bits per heavy atom. The summed E-state index contributed by atoms with van der Waals surface area (Å²) in [6.45, 7) is 15.2. The standard InChI is InChI=1S/C29H32S2Si/c1-17(2)32(18(3)4,19(5)6)28-25-20-11-7-9-13-22(20)29(23-14-10-8-12-21(23)25)26(28)27-24(31-29)15-16-30-27/h7-19,25H,1-6H3. The summed E-state index contributed by atoms with van der Waals surface area (Å²) < 4.78 is -0.0728. The minimum Gasteiger partial charge on any atom is -0.143 e. The highest BCUT2D eigenvalue weighted by Gasteiger charge is 2.62. The van der Waals surface area contributed by atoms with Crippen LogP contribution in [0.2, 0.25) is 16.6 Å². The summed E-state index contributed by atoms with van der Waals surface area (Å²) in [5.74, 6) is 0.409. The van der Waals surface area contributed by atoms with Crippen LogP contribution in [0.3, 0.4) is 0 Å². The number of allylic oxidation sites excluding steroid dienone is 1. The minimum absolute atomic E-state index is 0.0728. The van der Waals surface area contributed by atoms with E-state index in [2.05, 4.69) is 113 Å². The molecule has 32 heavy (non-hydrogen) atoms. The third kappa shape index (κ3) is 2.26. The van der Waals surface area contributed by atoms with Crippen LogP contribution in [-0.2, 0) is 4.75 Å². The van der Waals surface area contributed by atoms with Crippen molar-refractivity contribution in [1.82, 2.24) is 0 Å². The summed E-state index contributed by atoms with van der Waals surface area (Å²) >= 11 is 4.11. The Morgan fingerprint density at radius 1 is 0.750 bits per heavy atom. The van der Waals surface area contributed by atoms with Crippen molar-refractivity contribution in [2.24, 2.45) is 0 Å². The fourth-order valence-corrected chi connectivity index (χ4v) is 18.4. The van der Waals surface area contributed by atoms with Crippen LogP contribution in [0, 0.1) is 0 Å². The normalized spacial score (nSPS) is 23.1. The quantitative estimate of drug-likeness (QED) is 0.341. The second-order valence-electron chi connectivity index (χ2n) is 10.7. The molecule has 3 aromatic rings. The van der Waals surface area contributed by atoms with E-state index in [-0.39, 0.29) is 4.75 Å². The summed E-state index contributed by atoms with van der Waals surface area (Å²) in [4.78, 5) is 3.06. The number of hydrogen-bond acceptors (Lipinski definition) is 2. The molecule has 0 saturated heterocycles. The van der Waals surface area contributed by atoms with Crippen LogP contribution in [0.1, 0.15) is 74.6 Å². The van der Waals surface area contributed by atoms with Gasteiger partial charge in [0.1, 0.15) is 0 Å². The summed E-state index contributed by atoms with van der Waals surface area (Å²) in [6, 6.07) is 21.2. The van der Waals surface area contributed by atoms with E-state index in [9.17, 15) is 0 Å². The molecule has 2 heterocycles. The maximum atomic E-state index is 2.53. The Hall–Kier alpha value is -1.55. The van der Waals surface area contributed by atoms with Crippen molar-refractivity contribution in [2.45, 2.75) is 73.7 Å². The van der Waals surface area contributed by atoms with Gasteiger partial charge in [0.2, 0.25) is 0 Å². The van der Waals surface area contributed by atoms with Crippen molar-refractivity contribution in [1.29, 1.82) is 0 Å². The molecule has 2 aromatic carbocycles. The molecular formula is C29H32S2Si. The lowest BCUT2D eigenvalue weighted by molar-refractivity contribution is 0.742. The zero-order chi connectivity index (χ0) is 22.4. The van der Waals surface area contributed by atoms with Gasteiger partial charge in [0.15, 0.2) is 0 Å². The van der Waals surface area contributed by atoms with Crippen LogP contribution in [0.5, 0.6) is 0 Å². The first-order valence-corrected chi connectivity index (χ1v) is 16.0. The van der Waals surface area contributed by atoms with E-state index < -0.39 is 8.07 Å². The molecule has 1 aromatic heterocycles. The molecule has 0 fully saturated rings. The Bertz CT molecular complexity index is 1190. The van der Waals surface area contributed by atoms with E-state index in [0.29, 0.717) is 22.5 Å². The molecule has 0 atom stereocenters. The topological polar surface area (TPSA) is 0 Å². The zero-order valence-corrected chi connectivity index (χ0v) is 22.5. The third-order valence-electron chi connectivity index (χ3n) is 8.66. The number of hydrogen-bond donors (Lipinski definition) is 0. The molecule has 0 amide bonds.